The van der Waals surface area contributed by atoms with Crippen molar-refractivity contribution < 1.29 is 24.5 Å². The van der Waals surface area contributed by atoms with Crippen molar-refractivity contribution >= 4 is 31.4 Å². The summed E-state index contributed by atoms with van der Waals surface area (Å²) in [5.74, 6) is 2.35. The van der Waals surface area contributed by atoms with Gasteiger partial charge < -0.3 is 30.3 Å². The molecule has 2 atom stereocenters. The molecule has 16 nitrogen and oxygen atoms in total. The number of hydroxylamine groups is 4. The molecule has 0 spiro atoms. The third-order valence-electron chi connectivity index (χ3n) is 16.3. The lowest BCUT2D eigenvalue weighted by atomic mass is 9.73. The second kappa shape index (κ2) is 25.1. The van der Waals surface area contributed by atoms with Crippen molar-refractivity contribution in [1.29, 1.82) is 0 Å². The number of anilines is 1. The molecule has 2 unspecified atom stereocenters. The Hall–Kier alpha value is -4.62. The summed E-state index contributed by atoms with van der Waals surface area (Å²) < 4.78 is 0. The lowest BCUT2D eigenvalue weighted by molar-refractivity contribution is -0.213. The van der Waals surface area contributed by atoms with Crippen LogP contribution in [0.5, 0.6) is 0 Å². The molecular weight excluding hydrogens is 904 g/mol. The van der Waals surface area contributed by atoms with Crippen LogP contribution in [-0.2, 0) is 32.2 Å². The first kappa shape index (κ1) is 53.7. The average Bonchev–Trinajstić information content (AvgIpc) is 4.03. The summed E-state index contributed by atoms with van der Waals surface area (Å²) in [6.45, 7) is 17.8. The summed E-state index contributed by atoms with van der Waals surface area (Å²) in [7, 11) is 3.30. The molecule has 6 fully saturated rings. The molecule has 386 valence electrons. The molecule has 6 aliphatic heterocycles. The minimum absolute atomic E-state index is 0.133. The number of nitrogens with zero attached hydrogens (tertiary/aromatic N) is 10. The van der Waals surface area contributed by atoms with Gasteiger partial charge in [0, 0.05) is 77.5 Å². The van der Waals surface area contributed by atoms with E-state index >= 15 is 0 Å². The van der Waals surface area contributed by atoms with Gasteiger partial charge in [0.15, 0.2) is 0 Å². The first-order chi connectivity index (χ1) is 34.8. The fourth-order valence-corrected chi connectivity index (χ4v) is 12.1. The summed E-state index contributed by atoms with van der Waals surface area (Å²) >= 11 is 0. The van der Waals surface area contributed by atoms with Crippen LogP contribution >= 0.6 is 0 Å². The molecule has 4 aromatic rings. The summed E-state index contributed by atoms with van der Waals surface area (Å²) in [6.07, 6.45) is 17.2. The van der Waals surface area contributed by atoms with Gasteiger partial charge in [0.1, 0.15) is 17.0 Å². The van der Waals surface area contributed by atoms with Crippen molar-refractivity contribution in [2.24, 2.45) is 23.7 Å². The van der Waals surface area contributed by atoms with Gasteiger partial charge in [-0.05, 0) is 195 Å². The number of aromatic nitrogens is 4. The van der Waals surface area contributed by atoms with E-state index < -0.39 is 0 Å². The largest absolute Gasteiger partial charge is 0.437 e. The number of pyridine rings is 4. The van der Waals surface area contributed by atoms with Gasteiger partial charge in [-0.3, -0.25) is 34.3 Å². The van der Waals surface area contributed by atoms with Crippen molar-refractivity contribution in [3.05, 3.63) is 121 Å². The highest BCUT2D eigenvalue weighted by atomic mass is 16.7. The second-order valence-electron chi connectivity index (χ2n) is 21.0. The Morgan fingerprint density at radius 2 is 1.12 bits per heavy atom. The molecule has 0 saturated carbocycles. The maximum atomic E-state index is 13.3. The predicted molar refractivity (Wildman–Crippen MR) is 284 cm³/mol. The summed E-state index contributed by atoms with van der Waals surface area (Å²) in [5, 5.41) is 23.1. The smallest absolute Gasteiger partial charge is 0.376 e. The average molecular weight is 984 g/mol. The first-order valence-corrected chi connectivity index (χ1v) is 26.6. The van der Waals surface area contributed by atoms with E-state index in [1.165, 1.54) is 5.56 Å². The second-order valence-corrected chi connectivity index (χ2v) is 21.0. The van der Waals surface area contributed by atoms with Gasteiger partial charge in [0.2, 0.25) is 5.91 Å². The molecule has 0 radical (unpaired) electrons. The van der Waals surface area contributed by atoms with Crippen molar-refractivity contribution in [2.45, 2.75) is 95.6 Å². The molecule has 1 amide bonds. The van der Waals surface area contributed by atoms with Crippen molar-refractivity contribution in [3.8, 4) is 0 Å². The third-order valence-corrected chi connectivity index (χ3v) is 16.3. The molecule has 0 bridgehead atoms. The van der Waals surface area contributed by atoms with Gasteiger partial charge in [0.05, 0.1) is 17.1 Å². The summed E-state index contributed by atoms with van der Waals surface area (Å²) in [6, 6.07) is 22.0. The standard InChI is InChI=1S/C26H36N6O2.C15H24BN3O2.C13H19BN2O/c1-30-17-10-26(34-30,23-4-2-3-11-28-23)22-8-15-32(16-9-22)25(33)21-6-13-31(14-7-21)19-20-5-12-29-24(27)18-20;1-16(20)19-10-6-13(7-11-19)15(8-12-18(2)21-15)14-5-3-4-9-17-14;1-11(13-5-3-4-8-15-13)12-6-9-16(10-7-12)14(2)17/h2-5,11-12,18,21-22H,6-10,13-17,19H2,1H3,(H2,27,29);3-5,9,13,20H,6-8,10-12H2,1-2H3;3-5,8,12,17H,1,6-7,9-10H2,2H3. The maximum Gasteiger partial charge on any atom is 0.376 e. The molecule has 6 saturated heterocycles. The van der Waals surface area contributed by atoms with Crippen LogP contribution in [0.1, 0.15) is 86.9 Å². The molecule has 10 rings (SSSR count). The number of hydrogen-bond acceptors (Lipinski definition) is 15. The van der Waals surface area contributed by atoms with Crippen LogP contribution in [-0.4, -0.2) is 159 Å². The van der Waals surface area contributed by atoms with E-state index in [2.05, 4.69) is 58.1 Å². The van der Waals surface area contributed by atoms with Crippen molar-refractivity contribution in [3.63, 3.8) is 0 Å². The Balaban J connectivity index is 0.000000156. The number of nitrogen functional groups attached to an aromatic ring is 1. The Morgan fingerprint density at radius 1 is 0.639 bits per heavy atom. The monoisotopic (exact) mass is 984 g/mol. The van der Waals surface area contributed by atoms with Crippen molar-refractivity contribution in [1.82, 2.24) is 49.5 Å². The topological polar surface area (TPSA) is 173 Å². The van der Waals surface area contributed by atoms with E-state index in [9.17, 15) is 14.8 Å². The van der Waals surface area contributed by atoms with E-state index in [1.807, 2.05) is 111 Å². The van der Waals surface area contributed by atoms with Gasteiger partial charge >= 0.3 is 14.1 Å². The number of amides is 1. The van der Waals surface area contributed by atoms with E-state index in [-0.39, 0.29) is 31.2 Å². The molecule has 10 heterocycles. The number of allylic oxidation sites excluding steroid dienone is 1. The predicted octanol–water partition coefficient (Wildman–Crippen LogP) is 5.96. The molecule has 6 aliphatic rings. The first-order valence-electron chi connectivity index (χ1n) is 26.6. The van der Waals surface area contributed by atoms with Crippen LogP contribution in [0.15, 0.2) is 98.1 Å². The number of nitrogens with two attached hydrogens (primary N) is 1. The number of hydrogen-bond donors (Lipinski definition) is 3. The highest BCUT2D eigenvalue weighted by molar-refractivity contribution is 6.45. The fraction of sp³-hybridized carbons (Fsp3) is 0.574. The zero-order chi connectivity index (χ0) is 50.7. The number of carbonyl (C=O) groups excluding carboxylic acids is 1. The Bertz CT molecular complexity index is 2300. The van der Waals surface area contributed by atoms with Gasteiger partial charge in [-0.2, -0.15) is 10.1 Å². The Labute approximate surface area is 429 Å². The molecule has 0 aliphatic carbocycles. The lowest BCUT2D eigenvalue weighted by Crippen LogP contribution is -2.48. The summed E-state index contributed by atoms with van der Waals surface area (Å²) in [5.41, 5.74) is 10.5. The van der Waals surface area contributed by atoms with Gasteiger partial charge in [-0.1, -0.05) is 24.8 Å². The minimum Gasteiger partial charge on any atom is -0.437 e. The lowest BCUT2D eigenvalue weighted by Gasteiger charge is -2.42. The van der Waals surface area contributed by atoms with Crippen LogP contribution in [0.3, 0.4) is 0 Å². The third kappa shape index (κ3) is 13.2. The van der Waals surface area contributed by atoms with Crippen LogP contribution in [0.2, 0.25) is 13.6 Å². The zero-order valence-corrected chi connectivity index (χ0v) is 43.3. The highest BCUT2D eigenvalue weighted by Crippen LogP contribution is 2.47. The Kier molecular flexibility index (Phi) is 18.7. The van der Waals surface area contributed by atoms with Crippen molar-refractivity contribution in [2.75, 3.05) is 85.3 Å². The van der Waals surface area contributed by atoms with Gasteiger partial charge in [-0.25, -0.2) is 4.98 Å². The number of piperidine rings is 4. The van der Waals surface area contributed by atoms with Crippen LogP contribution < -0.4 is 5.73 Å². The number of likely N-dealkylation sites (tertiary alicyclic amines) is 2. The molecular formula is C54H79B2N11O5. The minimum atomic E-state index is -0.368. The molecule has 72 heavy (non-hydrogen) atoms. The SMILES string of the molecule is C=C(c1ccccn1)C1CCN(B(C)O)CC1.CB(O)N1CCC(C2(c3ccccn3)CCN(C)O2)CC1.CN1CCC(c2ccccn2)(C2CCN(C(=O)C3CCN(Cc4ccnc(N)c4)CC3)CC2)O1. The normalized spacial score (nSPS) is 24.8. The number of carbonyl (C=O) groups is 1. The van der Waals surface area contributed by atoms with E-state index in [1.54, 1.807) is 6.20 Å². The van der Waals surface area contributed by atoms with E-state index in [0.29, 0.717) is 29.5 Å². The molecule has 0 aromatic carbocycles. The van der Waals surface area contributed by atoms with E-state index in [4.69, 9.17) is 15.4 Å². The Morgan fingerprint density at radius 3 is 1.57 bits per heavy atom. The molecule has 4 N–H and O–H groups in total. The summed E-state index contributed by atoms with van der Waals surface area (Å²) in [4.78, 5) is 52.4. The van der Waals surface area contributed by atoms with E-state index in [0.717, 1.165) is 159 Å². The molecule has 18 heteroatoms. The highest BCUT2D eigenvalue weighted by Gasteiger charge is 2.50. The maximum absolute atomic E-state index is 13.3. The van der Waals surface area contributed by atoms with Crippen LogP contribution in [0.4, 0.5) is 5.82 Å². The quantitative estimate of drug-likeness (QED) is 0.150. The van der Waals surface area contributed by atoms with Crippen LogP contribution in [0.25, 0.3) is 5.57 Å². The zero-order valence-electron chi connectivity index (χ0n) is 43.3. The fourth-order valence-electron chi connectivity index (χ4n) is 12.1. The number of rotatable bonds is 11. The van der Waals surface area contributed by atoms with Gasteiger partial charge in [-0.15, -0.1) is 0 Å². The van der Waals surface area contributed by atoms with Crippen LogP contribution in [0, 0.1) is 23.7 Å². The molecule has 4 aromatic heterocycles. The van der Waals surface area contributed by atoms with Gasteiger partial charge in [0.25, 0.3) is 0 Å².